The number of esters is 3. The smallest absolute Gasteiger partial charge is 0.345 e. The SMILES string of the molecule is CCCCC[C@@H]1Cc2cc(OC(C)=O)c(C(=O)OC)c3c2[C@H](C[C@]2(OC[C@H](CC(=O)C(C)(CC)C(=O)OC)[C@H]2C)O3)O1. The quantitative estimate of drug-likeness (QED) is 0.146. The van der Waals surface area contributed by atoms with Gasteiger partial charge in [-0.25, -0.2) is 4.79 Å². The summed E-state index contributed by atoms with van der Waals surface area (Å²) in [6.07, 6.45) is 4.93. The number of unbranched alkanes of at least 4 members (excludes halogenated alkanes) is 2. The average molecular weight is 589 g/mol. The molecule has 6 atom stereocenters. The largest absolute Gasteiger partial charge is 0.468 e. The van der Waals surface area contributed by atoms with Gasteiger partial charge in [-0.05, 0) is 43.7 Å². The van der Waals surface area contributed by atoms with E-state index in [2.05, 4.69) is 6.92 Å². The third-order valence-electron chi connectivity index (χ3n) is 9.36. The summed E-state index contributed by atoms with van der Waals surface area (Å²) in [5, 5.41) is 0. The fraction of sp³-hybridized carbons (Fsp3) is 0.688. The highest BCUT2D eigenvalue weighted by molar-refractivity contribution is 6.03. The van der Waals surface area contributed by atoms with Crippen molar-refractivity contribution in [1.29, 1.82) is 0 Å². The maximum Gasteiger partial charge on any atom is 0.345 e. The first kappa shape index (κ1) is 31.9. The molecule has 3 aliphatic heterocycles. The van der Waals surface area contributed by atoms with Crippen molar-refractivity contribution in [2.45, 2.75) is 104 Å². The van der Waals surface area contributed by atoms with Gasteiger partial charge < -0.3 is 28.4 Å². The van der Waals surface area contributed by atoms with E-state index in [0.717, 1.165) is 36.8 Å². The second kappa shape index (κ2) is 12.7. The Bertz CT molecular complexity index is 1220. The number of methoxy groups -OCH3 is 2. The van der Waals surface area contributed by atoms with Crippen LogP contribution >= 0.6 is 0 Å². The fourth-order valence-corrected chi connectivity index (χ4v) is 6.50. The molecule has 0 radical (unpaired) electrons. The van der Waals surface area contributed by atoms with Gasteiger partial charge in [0.25, 0.3) is 0 Å². The summed E-state index contributed by atoms with van der Waals surface area (Å²) >= 11 is 0. The van der Waals surface area contributed by atoms with E-state index in [1.165, 1.54) is 21.1 Å². The summed E-state index contributed by atoms with van der Waals surface area (Å²) in [5.41, 5.74) is 0.385. The van der Waals surface area contributed by atoms with Gasteiger partial charge in [0.1, 0.15) is 28.3 Å². The Hall–Kier alpha value is -2.98. The van der Waals surface area contributed by atoms with Crippen LogP contribution in [0.4, 0.5) is 0 Å². The molecule has 3 heterocycles. The van der Waals surface area contributed by atoms with Crippen molar-refractivity contribution in [2.75, 3.05) is 20.8 Å². The molecule has 4 rings (SSSR count). The van der Waals surface area contributed by atoms with Gasteiger partial charge in [-0.1, -0.05) is 40.0 Å². The summed E-state index contributed by atoms with van der Waals surface area (Å²) in [7, 11) is 2.54. The molecule has 10 heteroatoms. The van der Waals surface area contributed by atoms with Crippen molar-refractivity contribution >= 4 is 23.7 Å². The minimum atomic E-state index is -1.26. The van der Waals surface area contributed by atoms with Gasteiger partial charge in [0.15, 0.2) is 0 Å². The number of carbonyl (C=O) groups excluding carboxylic acids is 4. The molecule has 0 bridgehead atoms. The van der Waals surface area contributed by atoms with Crippen LogP contribution in [-0.4, -0.2) is 56.4 Å². The van der Waals surface area contributed by atoms with Crippen molar-refractivity contribution < 1.29 is 47.6 Å². The Morgan fingerprint density at radius 1 is 1.12 bits per heavy atom. The van der Waals surface area contributed by atoms with E-state index in [1.54, 1.807) is 19.9 Å². The molecule has 0 aromatic heterocycles. The summed E-state index contributed by atoms with van der Waals surface area (Å²) in [4.78, 5) is 51.1. The molecule has 42 heavy (non-hydrogen) atoms. The first-order valence-electron chi connectivity index (χ1n) is 15.0. The van der Waals surface area contributed by atoms with Crippen molar-refractivity contribution in [1.82, 2.24) is 0 Å². The topological polar surface area (TPSA) is 124 Å². The number of Topliss-reactive ketones (excluding diaryl/α,β-unsaturated/α-hetero) is 1. The van der Waals surface area contributed by atoms with Crippen molar-refractivity contribution in [3.05, 3.63) is 22.8 Å². The predicted octanol–water partition coefficient (Wildman–Crippen LogP) is 5.27. The number of benzene rings is 1. The van der Waals surface area contributed by atoms with Crippen molar-refractivity contribution in [3.63, 3.8) is 0 Å². The Kier molecular flexibility index (Phi) is 9.67. The van der Waals surface area contributed by atoms with Crippen molar-refractivity contribution in [2.24, 2.45) is 17.3 Å². The third kappa shape index (κ3) is 5.80. The highest BCUT2D eigenvalue weighted by Gasteiger charge is 2.57. The highest BCUT2D eigenvalue weighted by Crippen LogP contribution is 2.56. The van der Waals surface area contributed by atoms with E-state index < -0.39 is 35.2 Å². The molecule has 0 N–H and O–H groups in total. The van der Waals surface area contributed by atoms with Crippen LogP contribution in [-0.2, 0) is 39.8 Å². The normalized spacial score (nSPS) is 27.4. The number of rotatable bonds is 11. The molecule has 0 saturated carbocycles. The van der Waals surface area contributed by atoms with E-state index >= 15 is 0 Å². The van der Waals surface area contributed by atoms with Gasteiger partial charge in [-0.15, -0.1) is 0 Å². The number of ether oxygens (including phenoxy) is 6. The van der Waals surface area contributed by atoms with Crippen LogP contribution in [0.1, 0.15) is 107 Å². The third-order valence-corrected chi connectivity index (χ3v) is 9.36. The lowest BCUT2D eigenvalue weighted by molar-refractivity contribution is -0.214. The minimum absolute atomic E-state index is 0.00290. The summed E-state index contributed by atoms with van der Waals surface area (Å²) in [6, 6.07) is 1.73. The van der Waals surface area contributed by atoms with E-state index in [4.69, 9.17) is 28.4 Å². The molecule has 1 aromatic carbocycles. The van der Waals surface area contributed by atoms with E-state index in [-0.39, 0.29) is 53.8 Å². The van der Waals surface area contributed by atoms with Gasteiger partial charge in [0.05, 0.1) is 33.0 Å². The van der Waals surface area contributed by atoms with Crippen LogP contribution in [0.2, 0.25) is 0 Å². The maximum atomic E-state index is 13.4. The van der Waals surface area contributed by atoms with Crippen LogP contribution in [0, 0.1) is 17.3 Å². The molecule has 1 fully saturated rings. The highest BCUT2D eigenvalue weighted by atomic mass is 16.7. The van der Waals surface area contributed by atoms with E-state index in [1.807, 2.05) is 6.92 Å². The Labute approximate surface area is 247 Å². The fourth-order valence-electron chi connectivity index (χ4n) is 6.50. The Morgan fingerprint density at radius 2 is 1.86 bits per heavy atom. The van der Waals surface area contributed by atoms with Gasteiger partial charge in [0, 0.05) is 31.2 Å². The average Bonchev–Trinajstić information content (AvgIpc) is 3.24. The maximum absolute atomic E-state index is 13.4. The zero-order valence-electron chi connectivity index (χ0n) is 25.8. The van der Waals surface area contributed by atoms with Crippen LogP contribution < -0.4 is 9.47 Å². The first-order valence-corrected chi connectivity index (χ1v) is 15.0. The van der Waals surface area contributed by atoms with Gasteiger partial charge in [-0.2, -0.15) is 0 Å². The number of hydrogen-bond acceptors (Lipinski definition) is 10. The van der Waals surface area contributed by atoms with Crippen LogP contribution in [0.5, 0.6) is 11.5 Å². The van der Waals surface area contributed by atoms with Crippen LogP contribution in [0.3, 0.4) is 0 Å². The molecule has 1 saturated heterocycles. The Balaban J connectivity index is 1.73. The molecule has 3 aliphatic rings. The molecular formula is C32H44O10. The summed E-state index contributed by atoms with van der Waals surface area (Å²) in [5.74, 6) is -3.53. The molecule has 1 spiro atoms. The molecule has 0 amide bonds. The monoisotopic (exact) mass is 588 g/mol. The van der Waals surface area contributed by atoms with Crippen LogP contribution in [0.25, 0.3) is 0 Å². The number of hydrogen-bond donors (Lipinski definition) is 0. The lowest BCUT2D eigenvalue weighted by atomic mass is 9.75. The molecule has 1 aromatic rings. The minimum Gasteiger partial charge on any atom is -0.468 e. The second-order valence-electron chi connectivity index (χ2n) is 12.0. The van der Waals surface area contributed by atoms with Gasteiger partial charge in [0.2, 0.25) is 5.79 Å². The van der Waals surface area contributed by atoms with Crippen molar-refractivity contribution in [3.8, 4) is 11.5 Å². The number of ketones is 1. The lowest BCUT2D eigenvalue weighted by Crippen LogP contribution is -2.49. The van der Waals surface area contributed by atoms with E-state index in [0.29, 0.717) is 19.3 Å². The molecule has 0 aliphatic carbocycles. The molecule has 1 unspecified atom stereocenters. The standard InChI is InChI=1S/C32H44O10/c1-8-10-11-12-22-13-20-14-23(40-19(4)33)27(29(35)37-6)28-26(20)24(41-22)16-32(42-28)18(3)21(17-39-32)15-25(34)31(5,9-2)30(36)38-7/h14,18,21-22,24H,8-13,15-17H2,1-7H3/t18-,21+,22-,24+,31?,32+/m1/s1. The zero-order chi connectivity index (χ0) is 30.8. The second-order valence-corrected chi connectivity index (χ2v) is 12.0. The van der Waals surface area contributed by atoms with Crippen LogP contribution in [0.15, 0.2) is 6.07 Å². The summed E-state index contributed by atoms with van der Waals surface area (Å²) < 4.78 is 35.2. The Morgan fingerprint density at radius 3 is 2.48 bits per heavy atom. The van der Waals surface area contributed by atoms with Gasteiger partial charge >= 0.3 is 17.9 Å². The number of carbonyl (C=O) groups is 4. The zero-order valence-corrected chi connectivity index (χ0v) is 25.8. The molecule has 232 valence electrons. The van der Waals surface area contributed by atoms with E-state index in [9.17, 15) is 19.2 Å². The molecular weight excluding hydrogens is 544 g/mol. The predicted molar refractivity (Wildman–Crippen MR) is 151 cm³/mol. The summed E-state index contributed by atoms with van der Waals surface area (Å²) in [6.45, 7) is 9.00. The first-order chi connectivity index (χ1) is 19.9. The van der Waals surface area contributed by atoms with Gasteiger partial charge in [-0.3, -0.25) is 14.4 Å². The lowest BCUT2D eigenvalue weighted by Gasteiger charge is -2.46. The molecule has 10 nitrogen and oxygen atoms in total.